The van der Waals surface area contributed by atoms with E-state index in [4.69, 9.17) is 25.4 Å². The predicted molar refractivity (Wildman–Crippen MR) is 122 cm³/mol. The number of methoxy groups -OCH3 is 2. The van der Waals surface area contributed by atoms with Crippen molar-refractivity contribution < 1.29 is 28.8 Å². The monoisotopic (exact) mass is 458 g/mol. The first-order chi connectivity index (χ1) is 15.8. The molecule has 1 spiro atoms. The van der Waals surface area contributed by atoms with E-state index in [1.165, 1.54) is 19.8 Å². The zero-order chi connectivity index (χ0) is 23.5. The Labute approximate surface area is 197 Å². The van der Waals surface area contributed by atoms with Crippen molar-refractivity contribution in [2.24, 2.45) is 28.6 Å². The fourth-order valence-corrected chi connectivity index (χ4v) is 8.74. The van der Waals surface area contributed by atoms with Crippen LogP contribution >= 0.6 is 0 Å². The Hall–Kier alpha value is -1.39. The van der Waals surface area contributed by atoms with Crippen LogP contribution in [0.15, 0.2) is 11.6 Å². The van der Waals surface area contributed by atoms with Crippen molar-refractivity contribution >= 4 is 5.97 Å². The van der Waals surface area contributed by atoms with Crippen LogP contribution in [0.3, 0.4) is 0 Å². The Morgan fingerprint density at radius 2 is 1.94 bits per heavy atom. The van der Waals surface area contributed by atoms with Gasteiger partial charge in [0.1, 0.15) is 5.60 Å². The molecule has 1 saturated heterocycles. The molecule has 6 heteroatoms. The maximum atomic E-state index is 12.5. The van der Waals surface area contributed by atoms with Crippen molar-refractivity contribution in [3.63, 3.8) is 0 Å². The second kappa shape index (κ2) is 8.09. The highest BCUT2D eigenvalue weighted by Crippen LogP contribution is 2.69. The summed E-state index contributed by atoms with van der Waals surface area (Å²) in [5, 5.41) is 11.9. The van der Waals surface area contributed by atoms with Gasteiger partial charge in [-0.3, -0.25) is 0 Å². The van der Waals surface area contributed by atoms with E-state index in [0.29, 0.717) is 37.4 Å². The lowest BCUT2D eigenvalue weighted by Gasteiger charge is -2.60. The molecular formula is C27H38O6. The number of allylic oxidation sites excluding steroid dienone is 1. The molecule has 4 fully saturated rings. The fraction of sp³-hybridized carbons (Fsp3) is 0.815. The second-order valence-corrected chi connectivity index (χ2v) is 11.2. The average Bonchev–Trinajstić information content (AvgIpc) is 3.37. The molecular weight excluding hydrogens is 420 g/mol. The molecule has 1 aliphatic heterocycles. The first kappa shape index (κ1) is 23.4. The van der Waals surface area contributed by atoms with Gasteiger partial charge in [0.2, 0.25) is 0 Å². The Bertz CT molecular complexity index is 868. The van der Waals surface area contributed by atoms with Gasteiger partial charge in [0.05, 0.1) is 20.3 Å². The van der Waals surface area contributed by atoms with Crippen LogP contribution in [0.25, 0.3) is 0 Å². The van der Waals surface area contributed by atoms with E-state index in [9.17, 15) is 9.90 Å². The third kappa shape index (κ3) is 3.12. The van der Waals surface area contributed by atoms with Gasteiger partial charge < -0.3 is 24.1 Å². The summed E-state index contributed by atoms with van der Waals surface area (Å²) in [4.78, 5) is 12.5. The molecule has 5 rings (SSSR count). The molecule has 3 saturated carbocycles. The van der Waals surface area contributed by atoms with Gasteiger partial charge in [-0.15, -0.1) is 12.3 Å². The maximum absolute atomic E-state index is 12.5. The van der Waals surface area contributed by atoms with E-state index in [2.05, 4.69) is 18.9 Å². The van der Waals surface area contributed by atoms with Gasteiger partial charge in [0.15, 0.2) is 11.9 Å². The van der Waals surface area contributed by atoms with Gasteiger partial charge in [-0.2, -0.15) is 0 Å². The van der Waals surface area contributed by atoms with Crippen molar-refractivity contribution in [1.82, 2.24) is 0 Å². The number of esters is 1. The zero-order valence-electron chi connectivity index (χ0n) is 20.2. The van der Waals surface area contributed by atoms with E-state index in [1.54, 1.807) is 0 Å². The second-order valence-electron chi connectivity index (χ2n) is 11.2. The lowest BCUT2D eigenvalue weighted by molar-refractivity contribution is -0.206. The lowest BCUT2D eigenvalue weighted by Crippen LogP contribution is -2.61. The van der Waals surface area contributed by atoms with Crippen LogP contribution in [0, 0.1) is 40.9 Å². The van der Waals surface area contributed by atoms with E-state index in [-0.39, 0.29) is 5.41 Å². The molecule has 5 aliphatic rings. The minimum atomic E-state index is -1.23. The molecule has 0 aromatic heterocycles. The van der Waals surface area contributed by atoms with Gasteiger partial charge in [-0.05, 0) is 56.3 Å². The minimum absolute atomic E-state index is 0.0106. The molecule has 0 aromatic carbocycles. The van der Waals surface area contributed by atoms with Crippen molar-refractivity contribution in [1.29, 1.82) is 0 Å². The van der Waals surface area contributed by atoms with Crippen molar-refractivity contribution in [2.45, 2.75) is 82.2 Å². The molecule has 4 aliphatic carbocycles. The Morgan fingerprint density at radius 3 is 2.61 bits per heavy atom. The smallest absolute Gasteiger partial charge is 0.338 e. The molecule has 0 aromatic rings. The lowest BCUT2D eigenvalue weighted by atomic mass is 9.45. The molecule has 33 heavy (non-hydrogen) atoms. The summed E-state index contributed by atoms with van der Waals surface area (Å²) < 4.78 is 22.7. The molecule has 7 atom stereocenters. The largest absolute Gasteiger partial charge is 0.467 e. The van der Waals surface area contributed by atoms with Gasteiger partial charge in [0, 0.05) is 37.2 Å². The van der Waals surface area contributed by atoms with E-state index < -0.39 is 28.9 Å². The molecule has 0 unspecified atom stereocenters. The molecule has 0 bridgehead atoms. The molecule has 0 radical (unpaired) electrons. The summed E-state index contributed by atoms with van der Waals surface area (Å²) >= 11 is 0. The molecule has 1 N–H and O–H groups in total. The van der Waals surface area contributed by atoms with Crippen LogP contribution in [0.2, 0.25) is 0 Å². The fourth-order valence-electron chi connectivity index (χ4n) is 8.74. The van der Waals surface area contributed by atoms with Crippen molar-refractivity contribution in [3.05, 3.63) is 11.6 Å². The number of terminal acetylenes is 1. The molecule has 6 nitrogen and oxygen atoms in total. The van der Waals surface area contributed by atoms with Gasteiger partial charge in [0.25, 0.3) is 0 Å². The van der Waals surface area contributed by atoms with Crippen molar-refractivity contribution in [3.8, 4) is 12.3 Å². The summed E-state index contributed by atoms with van der Waals surface area (Å²) in [6, 6.07) is 0. The topological polar surface area (TPSA) is 74.2 Å². The number of carbonyl (C=O) groups is 1. The third-order valence-corrected chi connectivity index (χ3v) is 10.4. The van der Waals surface area contributed by atoms with Crippen LogP contribution in [-0.2, 0) is 23.7 Å². The first-order valence-electron chi connectivity index (χ1n) is 12.5. The summed E-state index contributed by atoms with van der Waals surface area (Å²) in [7, 11) is 2.85. The van der Waals surface area contributed by atoms with Crippen LogP contribution < -0.4 is 0 Å². The number of rotatable bonds is 4. The summed E-state index contributed by atoms with van der Waals surface area (Å²) in [5.41, 5.74) is -0.214. The molecule has 0 amide bonds. The minimum Gasteiger partial charge on any atom is -0.467 e. The third-order valence-electron chi connectivity index (χ3n) is 10.4. The number of aliphatic hydroxyl groups is 1. The molecule has 182 valence electrons. The quantitative estimate of drug-likeness (QED) is 0.394. The average molecular weight is 459 g/mol. The van der Waals surface area contributed by atoms with Crippen molar-refractivity contribution in [2.75, 3.05) is 27.4 Å². The Kier molecular flexibility index (Phi) is 5.72. The van der Waals surface area contributed by atoms with Gasteiger partial charge >= 0.3 is 5.97 Å². The summed E-state index contributed by atoms with van der Waals surface area (Å²) in [6.07, 6.45) is 15.1. The number of hydrogen-bond acceptors (Lipinski definition) is 6. The van der Waals surface area contributed by atoms with E-state index in [0.717, 1.165) is 51.4 Å². The number of hydrogen-bond donors (Lipinski definition) is 1. The van der Waals surface area contributed by atoms with Gasteiger partial charge in [-0.1, -0.05) is 18.6 Å². The van der Waals surface area contributed by atoms with Crippen LogP contribution in [-0.4, -0.2) is 56.0 Å². The van der Waals surface area contributed by atoms with Crippen LogP contribution in [0.1, 0.15) is 64.7 Å². The Morgan fingerprint density at radius 1 is 1.21 bits per heavy atom. The van der Waals surface area contributed by atoms with Crippen LogP contribution in [0.4, 0.5) is 0 Å². The highest BCUT2D eigenvalue weighted by Gasteiger charge is 2.68. The van der Waals surface area contributed by atoms with E-state index >= 15 is 0 Å². The zero-order valence-corrected chi connectivity index (χ0v) is 20.2. The highest BCUT2D eigenvalue weighted by molar-refractivity contribution is 5.76. The standard InChI is InChI=1S/C27H38O6/c1-5-10-25-13-14-26(32-15-16-33-26)17-18(25)6-7-19-20-9-12-27(29,22(30-3)23(28)31-4)24(20,2)11-8-21(19)25/h1,6,19-22,29H,7-17H2,2-4H3/t19-,20-,21-,22-,24-,25-,27+/m0/s1. The summed E-state index contributed by atoms with van der Waals surface area (Å²) in [6.45, 7) is 3.50. The number of fused-ring (bicyclic) bond motifs is 5. The predicted octanol–water partition coefficient (Wildman–Crippen LogP) is 3.61. The maximum Gasteiger partial charge on any atom is 0.338 e. The number of carbonyl (C=O) groups excluding carboxylic acids is 1. The van der Waals surface area contributed by atoms with Crippen LogP contribution in [0.5, 0.6) is 0 Å². The highest BCUT2D eigenvalue weighted by atomic mass is 16.7. The summed E-state index contributed by atoms with van der Waals surface area (Å²) in [5.74, 6) is 3.29. The van der Waals surface area contributed by atoms with Gasteiger partial charge in [-0.25, -0.2) is 4.79 Å². The SMILES string of the molecule is C#CC[C@]12CCC3(CC1=CC[C@@H]1[C@@H]2CC[C@@]2(C)[C@H]1CC[C@@]2(O)[C@@H](OC)C(=O)OC)OCCO3. The normalized spacial score (nSPS) is 44.2. The molecule has 1 heterocycles. The van der Waals surface area contributed by atoms with E-state index in [1.807, 2.05) is 0 Å². The first-order valence-corrected chi connectivity index (χ1v) is 12.5. The Balaban J connectivity index is 1.48. The number of ether oxygens (including phenoxy) is 4.